The summed E-state index contributed by atoms with van der Waals surface area (Å²) < 4.78 is 0. The number of aliphatic carboxylic acids is 1. The van der Waals surface area contributed by atoms with Gasteiger partial charge in [0.2, 0.25) is 0 Å². The molecule has 0 aliphatic heterocycles. The van der Waals surface area contributed by atoms with E-state index in [1.165, 1.54) is 0 Å². The Hall–Kier alpha value is -0.610. The number of rotatable bonds is 4. The van der Waals surface area contributed by atoms with E-state index in [-0.39, 0.29) is 12.0 Å². The molecule has 0 aromatic carbocycles. The maximum Gasteiger partial charge on any atom is 0.309 e. The Bertz CT molecular complexity index is 237. The Morgan fingerprint density at radius 1 is 1.47 bits per heavy atom. The molecule has 4 nitrogen and oxygen atoms in total. The van der Waals surface area contributed by atoms with Gasteiger partial charge in [0, 0.05) is 0 Å². The summed E-state index contributed by atoms with van der Waals surface area (Å²) in [6.45, 7) is 4.12. The van der Waals surface area contributed by atoms with Crippen molar-refractivity contribution in [2.45, 2.75) is 46.0 Å². The smallest absolute Gasteiger partial charge is 0.309 e. The number of carbonyl (C=O) groups is 1. The summed E-state index contributed by atoms with van der Waals surface area (Å²) in [5.41, 5.74) is -0.826. The van der Waals surface area contributed by atoms with Crippen LogP contribution < -0.4 is 0 Å². The fourth-order valence-corrected chi connectivity index (χ4v) is 2.76. The molecule has 4 heteroatoms. The highest BCUT2D eigenvalue weighted by Crippen LogP contribution is 2.48. The van der Waals surface area contributed by atoms with Crippen LogP contribution in [0.2, 0.25) is 0 Å². The van der Waals surface area contributed by atoms with Gasteiger partial charge in [0.1, 0.15) is 0 Å². The van der Waals surface area contributed by atoms with Crippen molar-refractivity contribution in [3.8, 4) is 0 Å². The molecule has 0 aromatic heterocycles. The molecule has 0 heterocycles. The van der Waals surface area contributed by atoms with Crippen molar-refractivity contribution in [2.75, 3.05) is 6.61 Å². The molecule has 0 radical (unpaired) electrons. The summed E-state index contributed by atoms with van der Waals surface area (Å²) in [6, 6.07) is 0. The molecule has 0 saturated heterocycles. The van der Waals surface area contributed by atoms with Crippen LogP contribution in [0.4, 0.5) is 0 Å². The second-order valence-electron chi connectivity index (χ2n) is 5.05. The highest BCUT2D eigenvalue weighted by atomic mass is 17.1. The Kier molecular flexibility index (Phi) is 3.73. The summed E-state index contributed by atoms with van der Waals surface area (Å²) in [5, 5.41) is 17.8. The number of carboxylic acids is 1. The van der Waals surface area contributed by atoms with Gasteiger partial charge in [-0.05, 0) is 31.1 Å². The van der Waals surface area contributed by atoms with Gasteiger partial charge in [-0.15, -0.1) is 0 Å². The molecule has 1 rings (SSSR count). The van der Waals surface area contributed by atoms with Crippen LogP contribution in [-0.2, 0) is 9.68 Å². The Balaban J connectivity index is 2.81. The van der Waals surface area contributed by atoms with E-state index in [1.54, 1.807) is 0 Å². The van der Waals surface area contributed by atoms with Gasteiger partial charge >= 0.3 is 5.97 Å². The maximum absolute atomic E-state index is 11.3. The highest BCUT2D eigenvalue weighted by molar-refractivity contribution is 5.74. The fraction of sp³-hybridized carbons (Fsp3) is 0.909. The van der Waals surface area contributed by atoms with Crippen molar-refractivity contribution in [1.82, 2.24) is 0 Å². The van der Waals surface area contributed by atoms with Crippen LogP contribution in [-0.4, -0.2) is 22.9 Å². The third-order valence-electron chi connectivity index (χ3n) is 3.74. The van der Waals surface area contributed by atoms with Gasteiger partial charge in [-0.25, -0.2) is 4.89 Å². The maximum atomic E-state index is 11.3. The van der Waals surface area contributed by atoms with E-state index in [2.05, 4.69) is 4.89 Å². The van der Waals surface area contributed by atoms with E-state index in [4.69, 9.17) is 5.26 Å². The van der Waals surface area contributed by atoms with E-state index >= 15 is 0 Å². The van der Waals surface area contributed by atoms with E-state index in [9.17, 15) is 9.90 Å². The van der Waals surface area contributed by atoms with Gasteiger partial charge < -0.3 is 5.11 Å². The molecular formula is C11H20O4. The second kappa shape index (κ2) is 4.49. The van der Waals surface area contributed by atoms with Gasteiger partial charge in [0.15, 0.2) is 0 Å². The molecule has 0 amide bonds. The van der Waals surface area contributed by atoms with Crippen molar-refractivity contribution in [2.24, 2.45) is 10.8 Å². The quantitative estimate of drug-likeness (QED) is 0.559. The van der Waals surface area contributed by atoms with Crippen LogP contribution in [0.25, 0.3) is 0 Å². The molecular weight excluding hydrogens is 196 g/mol. The van der Waals surface area contributed by atoms with Crippen molar-refractivity contribution in [1.29, 1.82) is 0 Å². The molecule has 0 aromatic rings. The van der Waals surface area contributed by atoms with Gasteiger partial charge in [-0.1, -0.05) is 20.3 Å². The third kappa shape index (κ3) is 2.49. The number of hydrogen-bond acceptors (Lipinski definition) is 3. The van der Waals surface area contributed by atoms with Crippen LogP contribution in [0.15, 0.2) is 0 Å². The Labute approximate surface area is 90.2 Å². The number of hydrogen-bond donors (Lipinski definition) is 2. The molecule has 1 aliphatic rings. The molecule has 2 N–H and O–H groups in total. The summed E-state index contributed by atoms with van der Waals surface area (Å²) in [7, 11) is 0. The predicted octanol–water partition coefficient (Wildman–Crippen LogP) is 2.54. The van der Waals surface area contributed by atoms with E-state index in [0.717, 1.165) is 19.3 Å². The van der Waals surface area contributed by atoms with Crippen LogP contribution in [0.1, 0.15) is 46.0 Å². The first kappa shape index (κ1) is 12.5. The lowest BCUT2D eigenvalue weighted by atomic mass is 9.62. The van der Waals surface area contributed by atoms with Crippen molar-refractivity contribution in [3.63, 3.8) is 0 Å². The van der Waals surface area contributed by atoms with Crippen molar-refractivity contribution < 1.29 is 20.0 Å². The fourth-order valence-electron chi connectivity index (χ4n) is 2.76. The first-order chi connectivity index (χ1) is 6.98. The second-order valence-corrected chi connectivity index (χ2v) is 5.05. The summed E-state index contributed by atoms with van der Waals surface area (Å²) >= 11 is 0. The van der Waals surface area contributed by atoms with Crippen LogP contribution in [0, 0.1) is 10.8 Å². The molecule has 0 spiro atoms. The van der Waals surface area contributed by atoms with Crippen LogP contribution >= 0.6 is 0 Å². The largest absolute Gasteiger partial charge is 0.481 e. The minimum absolute atomic E-state index is 0.207. The molecule has 2 atom stereocenters. The lowest BCUT2D eigenvalue weighted by Gasteiger charge is -2.42. The van der Waals surface area contributed by atoms with Gasteiger partial charge in [-0.3, -0.25) is 10.1 Å². The first-order valence-corrected chi connectivity index (χ1v) is 5.48. The monoisotopic (exact) mass is 216 g/mol. The Morgan fingerprint density at radius 3 is 2.60 bits per heavy atom. The van der Waals surface area contributed by atoms with Crippen LogP contribution in [0.5, 0.6) is 0 Å². The number of carboxylic acid groups (broad SMARTS) is 1. The van der Waals surface area contributed by atoms with E-state index in [1.807, 2.05) is 13.8 Å². The average molecular weight is 216 g/mol. The van der Waals surface area contributed by atoms with Gasteiger partial charge in [0.25, 0.3) is 0 Å². The van der Waals surface area contributed by atoms with E-state index < -0.39 is 11.4 Å². The lowest BCUT2D eigenvalue weighted by Crippen LogP contribution is -2.42. The van der Waals surface area contributed by atoms with Crippen molar-refractivity contribution >= 4 is 5.97 Å². The average Bonchev–Trinajstić information content (AvgIpc) is 2.17. The normalized spacial score (nSPS) is 36.5. The molecule has 1 fully saturated rings. The standard InChI is InChI=1S/C11H20O4/c1-3-11(9(12)13)6-4-5-10(2,7-11)8-15-14/h14H,3-8H2,1-2H3,(H,12,13). The zero-order valence-corrected chi connectivity index (χ0v) is 9.45. The molecule has 0 bridgehead atoms. The minimum atomic E-state index is -0.714. The summed E-state index contributed by atoms with van der Waals surface area (Å²) in [5.74, 6) is -0.714. The third-order valence-corrected chi connectivity index (χ3v) is 3.74. The summed E-state index contributed by atoms with van der Waals surface area (Å²) in [6.07, 6.45) is 3.78. The molecule has 1 aliphatic carbocycles. The van der Waals surface area contributed by atoms with Gasteiger partial charge in [0.05, 0.1) is 12.0 Å². The van der Waals surface area contributed by atoms with Crippen molar-refractivity contribution in [3.05, 3.63) is 0 Å². The zero-order chi connectivity index (χ0) is 11.5. The lowest BCUT2D eigenvalue weighted by molar-refractivity contribution is -0.266. The molecule has 15 heavy (non-hydrogen) atoms. The minimum Gasteiger partial charge on any atom is -0.481 e. The molecule has 1 saturated carbocycles. The predicted molar refractivity (Wildman–Crippen MR) is 55.5 cm³/mol. The highest BCUT2D eigenvalue weighted by Gasteiger charge is 2.46. The first-order valence-electron chi connectivity index (χ1n) is 5.48. The Morgan fingerprint density at radius 2 is 2.13 bits per heavy atom. The van der Waals surface area contributed by atoms with Crippen LogP contribution in [0.3, 0.4) is 0 Å². The zero-order valence-electron chi connectivity index (χ0n) is 9.45. The SMILES string of the molecule is CCC1(C(=O)O)CCCC(C)(COO)C1. The van der Waals surface area contributed by atoms with Gasteiger partial charge in [-0.2, -0.15) is 0 Å². The topological polar surface area (TPSA) is 66.8 Å². The summed E-state index contributed by atoms with van der Waals surface area (Å²) in [4.78, 5) is 15.5. The molecule has 88 valence electrons. The van der Waals surface area contributed by atoms with E-state index in [0.29, 0.717) is 12.8 Å². The molecule has 2 unspecified atom stereocenters.